The number of hydrogen-bond acceptors (Lipinski definition) is 4. The van der Waals surface area contributed by atoms with Crippen molar-refractivity contribution in [2.24, 2.45) is 0 Å². The third-order valence-corrected chi connectivity index (χ3v) is 3.55. The lowest BCUT2D eigenvalue weighted by atomic mass is 10.0. The maximum atomic E-state index is 2.60. The highest BCUT2D eigenvalue weighted by Gasteiger charge is 2.39. The monoisotopic (exact) mass is 198 g/mol. The SMILES string of the molecule is CN(C)C1CN(C2CN(N(C)C)C2)C1. The van der Waals surface area contributed by atoms with Gasteiger partial charge in [0.1, 0.15) is 0 Å². The zero-order valence-electron chi connectivity index (χ0n) is 9.77. The molecule has 14 heavy (non-hydrogen) atoms. The normalized spacial score (nSPS) is 27.0. The third kappa shape index (κ3) is 1.80. The summed E-state index contributed by atoms with van der Waals surface area (Å²) in [5.41, 5.74) is 0. The summed E-state index contributed by atoms with van der Waals surface area (Å²) in [5.74, 6) is 0. The van der Waals surface area contributed by atoms with E-state index in [9.17, 15) is 0 Å². The molecule has 0 aromatic carbocycles. The molecular weight excluding hydrogens is 176 g/mol. The minimum atomic E-state index is 0.795. The van der Waals surface area contributed by atoms with E-state index in [2.05, 4.69) is 48.0 Å². The van der Waals surface area contributed by atoms with Crippen LogP contribution in [0.5, 0.6) is 0 Å². The number of likely N-dealkylation sites (tertiary alicyclic amines) is 1. The van der Waals surface area contributed by atoms with E-state index in [1.165, 1.54) is 26.2 Å². The van der Waals surface area contributed by atoms with E-state index in [0.717, 1.165) is 12.1 Å². The molecule has 0 amide bonds. The van der Waals surface area contributed by atoms with Crippen LogP contribution in [0.15, 0.2) is 0 Å². The predicted molar refractivity (Wildman–Crippen MR) is 58.1 cm³/mol. The van der Waals surface area contributed by atoms with Gasteiger partial charge in [-0.05, 0) is 14.1 Å². The molecule has 0 atom stereocenters. The van der Waals surface area contributed by atoms with Crippen LogP contribution in [0.3, 0.4) is 0 Å². The summed E-state index contributed by atoms with van der Waals surface area (Å²) < 4.78 is 0. The first kappa shape index (κ1) is 10.4. The Morgan fingerprint density at radius 3 is 1.93 bits per heavy atom. The first-order valence-electron chi connectivity index (χ1n) is 5.40. The molecule has 82 valence electrons. The molecule has 2 heterocycles. The standard InChI is InChI=1S/C10H22N4/c1-11(2)9-5-13(6-9)10-7-14(8-10)12(3)4/h9-10H,5-8H2,1-4H3. The van der Waals surface area contributed by atoms with Gasteiger partial charge < -0.3 is 4.90 Å². The van der Waals surface area contributed by atoms with Gasteiger partial charge in [-0.3, -0.25) is 4.90 Å². The zero-order chi connectivity index (χ0) is 10.3. The van der Waals surface area contributed by atoms with Crippen LogP contribution in [-0.4, -0.2) is 86.3 Å². The molecular formula is C10H22N4. The molecule has 0 aromatic heterocycles. The van der Waals surface area contributed by atoms with Gasteiger partial charge in [0, 0.05) is 52.4 Å². The van der Waals surface area contributed by atoms with Gasteiger partial charge in [0.25, 0.3) is 0 Å². The van der Waals surface area contributed by atoms with Gasteiger partial charge in [0.2, 0.25) is 0 Å². The van der Waals surface area contributed by atoms with Crippen molar-refractivity contribution in [3.05, 3.63) is 0 Å². The Morgan fingerprint density at radius 1 is 0.929 bits per heavy atom. The van der Waals surface area contributed by atoms with Crippen molar-refractivity contribution in [2.45, 2.75) is 12.1 Å². The molecule has 0 N–H and O–H groups in total. The van der Waals surface area contributed by atoms with Crippen molar-refractivity contribution >= 4 is 0 Å². The van der Waals surface area contributed by atoms with E-state index < -0.39 is 0 Å². The Hall–Kier alpha value is -0.160. The van der Waals surface area contributed by atoms with Gasteiger partial charge in [-0.25, -0.2) is 10.0 Å². The molecule has 0 aromatic rings. The van der Waals surface area contributed by atoms with Crippen molar-refractivity contribution in [3.8, 4) is 0 Å². The van der Waals surface area contributed by atoms with Gasteiger partial charge in [0.05, 0.1) is 0 Å². The Kier molecular flexibility index (Phi) is 2.79. The van der Waals surface area contributed by atoms with Crippen molar-refractivity contribution in [3.63, 3.8) is 0 Å². The van der Waals surface area contributed by atoms with Crippen LogP contribution >= 0.6 is 0 Å². The second-order valence-corrected chi connectivity index (χ2v) is 4.94. The highest BCUT2D eigenvalue weighted by atomic mass is 15.6. The molecule has 2 fully saturated rings. The molecule has 4 heteroatoms. The molecule has 0 bridgehead atoms. The molecule has 0 aliphatic carbocycles. The van der Waals surface area contributed by atoms with Gasteiger partial charge >= 0.3 is 0 Å². The lowest BCUT2D eigenvalue weighted by Gasteiger charge is -2.54. The largest absolute Gasteiger partial charge is 0.304 e. The summed E-state index contributed by atoms with van der Waals surface area (Å²) in [6.07, 6.45) is 0. The summed E-state index contributed by atoms with van der Waals surface area (Å²) >= 11 is 0. The molecule has 0 spiro atoms. The fourth-order valence-electron chi connectivity index (χ4n) is 2.10. The lowest BCUT2D eigenvalue weighted by molar-refractivity contribution is -0.116. The van der Waals surface area contributed by atoms with E-state index in [-0.39, 0.29) is 0 Å². The minimum Gasteiger partial charge on any atom is -0.304 e. The Labute approximate surface area is 87.0 Å². The first-order chi connectivity index (χ1) is 6.58. The average molecular weight is 198 g/mol. The Balaban J connectivity index is 1.66. The second kappa shape index (κ2) is 3.77. The van der Waals surface area contributed by atoms with Crippen LogP contribution in [0.1, 0.15) is 0 Å². The molecule has 0 unspecified atom stereocenters. The van der Waals surface area contributed by atoms with Crippen molar-refractivity contribution < 1.29 is 0 Å². The molecule has 2 saturated heterocycles. The number of likely N-dealkylation sites (N-methyl/N-ethyl adjacent to an activating group) is 1. The molecule has 0 saturated carbocycles. The molecule has 4 nitrogen and oxygen atoms in total. The first-order valence-corrected chi connectivity index (χ1v) is 5.40. The fraction of sp³-hybridized carbons (Fsp3) is 1.00. The second-order valence-electron chi connectivity index (χ2n) is 4.94. The lowest BCUT2D eigenvalue weighted by Crippen LogP contribution is -2.70. The van der Waals surface area contributed by atoms with Crippen LogP contribution in [-0.2, 0) is 0 Å². The third-order valence-electron chi connectivity index (χ3n) is 3.55. The zero-order valence-corrected chi connectivity index (χ0v) is 9.77. The van der Waals surface area contributed by atoms with E-state index in [1.807, 2.05) is 0 Å². The van der Waals surface area contributed by atoms with E-state index in [0.29, 0.717) is 0 Å². The van der Waals surface area contributed by atoms with Gasteiger partial charge in [-0.15, -0.1) is 0 Å². The van der Waals surface area contributed by atoms with Crippen LogP contribution < -0.4 is 0 Å². The van der Waals surface area contributed by atoms with E-state index in [1.54, 1.807) is 0 Å². The smallest absolute Gasteiger partial charge is 0.0380 e. The topological polar surface area (TPSA) is 13.0 Å². The van der Waals surface area contributed by atoms with Gasteiger partial charge in [-0.1, -0.05) is 0 Å². The predicted octanol–water partition coefficient (Wildman–Crippen LogP) is -0.607. The summed E-state index contributed by atoms with van der Waals surface area (Å²) in [7, 11) is 8.59. The summed E-state index contributed by atoms with van der Waals surface area (Å²) in [6, 6.07) is 1.61. The number of nitrogens with zero attached hydrogens (tertiary/aromatic N) is 4. The minimum absolute atomic E-state index is 0.795. The maximum Gasteiger partial charge on any atom is 0.0380 e. The van der Waals surface area contributed by atoms with E-state index in [4.69, 9.17) is 0 Å². The van der Waals surface area contributed by atoms with Crippen LogP contribution in [0, 0.1) is 0 Å². The maximum absolute atomic E-state index is 2.60. The van der Waals surface area contributed by atoms with Gasteiger partial charge in [-0.2, -0.15) is 0 Å². The Bertz CT molecular complexity index is 170. The number of hydrogen-bond donors (Lipinski definition) is 0. The summed E-state index contributed by atoms with van der Waals surface area (Å²) in [5, 5.41) is 4.58. The molecule has 2 rings (SSSR count). The molecule has 2 aliphatic heterocycles. The van der Waals surface area contributed by atoms with Crippen LogP contribution in [0.25, 0.3) is 0 Å². The number of rotatable bonds is 3. The number of hydrazine groups is 1. The van der Waals surface area contributed by atoms with Gasteiger partial charge in [0.15, 0.2) is 0 Å². The van der Waals surface area contributed by atoms with Crippen molar-refractivity contribution in [1.29, 1.82) is 0 Å². The van der Waals surface area contributed by atoms with Crippen molar-refractivity contribution in [1.82, 2.24) is 19.8 Å². The fourth-order valence-corrected chi connectivity index (χ4v) is 2.10. The molecule has 2 aliphatic rings. The quantitative estimate of drug-likeness (QED) is 0.600. The van der Waals surface area contributed by atoms with Crippen LogP contribution in [0.4, 0.5) is 0 Å². The highest BCUT2D eigenvalue weighted by molar-refractivity contribution is 4.95. The van der Waals surface area contributed by atoms with E-state index >= 15 is 0 Å². The summed E-state index contributed by atoms with van der Waals surface area (Å²) in [6.45, 7) is 4.96. The molecule has 0 radical (unpaired) electrons. The average Bonchev–Trinajstić information content (AvgIpc) is 1.88. The Morgan fingerprint density at radius 2 is 1.50 bits per heavy atom. The highest BCUT2D eigenvalue weighted by Crippen LogP contribution is 2.22. The van der Waals surface area contributed by atoms with Crippen LogP contribution in [0.2, 0.25) is 0 Å². The summed E-state index contributed by atoms with van der Waals surface area (Å²) in [4.78, 5) is 4.93. The van der Waals surface area contributed by atoms with Crippen molar-refractivity contribution in [2.75, 3.05) is 54.4 Å².